The van der Waals surface area contributed by atoms with Crippen molar-refractivity contribution in [1.29, 1.82) is 5.41 Å². The fourth-order valence-corrected chi connectivity index (χ4v) is 2.53. The van der Waals surface area contributed by atoms with E-state index in [-0.39, 0.29) is 12.4 Å². The number of rotatable bonds is 5. The second-order valence-corrected chi connectivity index (χ2v) is 4.90. The first-order chi connectivity index (χ1) is 9.10. The van der Waals surface area contributed by atoms with Crippen LogP contribution >= 0.6 is 11.3 Å². The lowest BCUT2D eigenvalue weighted by Crippen LogP contribution is -2.14. The monoisotopic (exact) mass is 278 g/mol. The Morgan fingerprint density at radius 1 is 1.42 bits per heavy atom. The van der Waals surface area contributed by atoms with Gasteiger partial charge in [-0.25, -0.2) is 4.79 Å². The minimum atomic E-state index is -0.391. The summed E-state index contributed by atoms with van der Waals surface area (Å²) in [5.41, 5.74) is 5.45. The number of benzene rings is 1. The van der Waals surface area contributed by atoms with Gasteiger partial charge in [0.2, 0.25) is 0 Å². The van der Waals surface area contributed by atoms with Crippen LogP contribution in [-0.4, -0.2) is 25.0 Å². The summed E-state index contributed by atoms with van der Waals surface area (Å²) in [7, 11) is 0. The van der Waals surface area contributed by atoms with Gasteiger partial charge in [0.1, 0.15) is 11.6 Å². The maximum absolute atomic E-state index is 11.2. The molecular weight excluding hydrogens is 264 g/mol. The lowest BCUT2D eigenvalue weighted by molar-refractivity contribution is -0.145. The Hall–Kier alpha value is -2.08. The second-order valence-electron chi connectivity index (χ2n) is 3.82. The summed E-state index contributed by atoms with van der Waals surface area (Å²) >= 11 is 1.42. The molecule has 0 fully saturated rings. The molecule has 0 aliphatic heterocycles. The molecule has 2 rings (SSSR count). The Bertz CT molecular complexity index is 621. The topological polar surface area (TPSA) is 85.4 Å². The summed E-state index contributed by atoms with van der Waals surface area (Å²) in [5, 5.41) is 8.40. The van der Waals surface area contributed by atoms with Crippen molar-refractivity contribution in [2.75, 3.05) is 13.2 Å². The molecule has 0 atom stereocenters. The minimum absolute atomic E-state index is 0.0511. The third-order valence-corrected chi connectivity index (χ3v) is 3.55. The first-order valence-electron chi connectivity index (χ1n) is 5.76. The summed E-state index contributed by atoms with van der Waals surface area (Å²) in [6.07, 6.45) is 0. The van der Waals surface area contributed by atoms with Gasteiger partial charge < -0.3 is 15.2 Å². The molecule has 6 heteroatoms. The van der Waals surface area contributed by atoms with Crippen molar-refractivity contribution in [3.8, 4) is 5.75 Å². The molecule has 0 unspecified atom stereocenters. The van der Waals surface area contributed by atoms with E-state index in [0.717, 1.165) is 15.0 Å². The zero-order chi connectivity index (χ0) is 13.8. The van der Waals surface area contributed by atoms with Crippen molar-refractivity contribution in [2.45, 2.75) is 6.92 Å². The fraction of sp³-hybridized carbons (Fsp3) is 0.231. The summed E-state index contributed by atoms with van der Waals surface area (Å²) in [4.78, 5) is 11.9. The van der Waals surface area contributed by atoms with Crippen LogP contribution in [0.4, 0.5) is 0 Å². The highest BCUT2D eigenvalue weighted by atomic mass is 32.1. The van der Waals surface area contributed by atoms with E-state index in [4.69, 9.17) is 20.6 Å². The molecule has 0 spiro atoms. The quantitative estimate of drug-likeness (QED) is 0.498. The van der Waals surface area contributed by atoms with Gasteiger partial charge in [-0.3, -0.25) is 5.41 Å². The average Bonchev–Trinajstić information content (AvgIpc) is 2.80. The molecule has 19 heavy (non-hydrogen) atoms. The van der Waals surface area contributed by atoms with E-state index in [2.05, 4.69) is 0 Å². The van der Waals surface area contributed by atoms with Crippen molar-refractivity contribution >= 4 is 33.2 Å². The Kier molecular flexibility index (Phi) is 4.01. The van der Waals surface area contributed by atoms with Gasteiger partial charge in [-0.2, -0.15) is 0 Å². The van der Waals surface area contributed by atoms with E-state index < -0.39 is 5.97 Å². The number of nitrogens with two attached hydrogens (primary N) is 1. The van der Waals surface area contributed by atoms with Crippen LogP contribution < -0.4 is 10.5 Å². The maximum Gasteiger partial charge on any atom is 0.344 e. The van der Waals surface area contributed by atoms with Gasteiger partial charge in [0.15, 0.2) is 6.61 Å². The number of thiophene rings is 1. The van der Waals surface area contributed by atoms with E-state index in [1.807, 2.05) is 18.2 Å². The number of hydrogen-bond acceptors (Lipinski definition) is 5. The van der Waals surface area contributed by atoms with Crippen LogP contribution in [0.2, 0.25) is 0 Å². The second kappa shape index (κ2) is 5.71. The van der Waals surface area contributed by atoms with Crippen LogP contribution in [-0.2, 0) is 9.53 Å². The van der Waals surface area contributed by atoms with Gasteiger partial charge in [-0.05, 0) is 36.6 Å². The van der Waals surface area contributed by atoms with E-state index in [9.17, 15) is 4.79 Å². The summed E-state index contributed by atoms with van der Waals surface area (Å²) < 4.78 is 11.1. The summed E-state index contributed by atoms with van der Waals surface area (Å²) in [6.45, 7) is 1.98. The van der Waals surface area contributed by atoms with Gasteiger partial charge >= 0.3 is 5.97 Å². The molecule has 0 saturated heterocycles. The Morgan fingerprint density at radius 3 is 2.89 bits per heavy atom. The molecule has 1 aromatic carbocycles. The zero-order valence-electron chi connectivity index (χ0n) is 10.4. The van der Waals surface area contributed by atoms with Crippen molar-refractivity contribution in [3.63, 3.8) is 0 Å². The SMILES string of the molecule is CCOC(=O)COc1ccc2cc(C(=N)N)sc2c1. The fourth-order valence-electron chi connectivity index (χ4n) is 1.58. The van der Waals surface area contributed by atoms with Crippen LogP contribution in [0.15, 0.2) is 24.3 Å². The van der Waals surface area contributed by atoms with Crippen LogP contribution in [0.1, 0.15) is 11.8 Å². The molecule has 100 valence electrons. The van der Waals surface area contributed by atoms with E-state index in [1.165, 1.54) is 11.3 Å². The number of hydrogen-bond donors (Lipinski definition) is 2. The highest BCUT2D eigenvalue weighted by Gasteiger charge is 2.07. The van der Waals surface area contributed by atoms with Crippen LogP contribution in [0.5, 0.6) is 5.75 Å². The molecule has 0 bridgehead atoms. The molecule has 1 heterocycles. The minimum Gasteiger partial charge on any atom is -0.482 e. The van der Waals surface area contributed by atoms with Gasteiger partial charge in [-0.15, -0.1) is 11.3 Å². The van der Waals surface area contributed by atoms with Gasteiger partial charge in [0, 0.05) is 4.70 Å². The summed E-state index contributed by atoms with van der Waals surface area (Å²) in [6, 6.07) is 7.33. The van der Waals surface area contributed by atoms with Crippen molar-refractivity contribution in [3.05, 3.63) is 29.1 Å². The lowest BCUT2D eigenvalue weighted by atomic mass is 10.2. The molecular formula is C13H14N2O3S. The van der Waals surface area contributed by atoms with Crippen LogP contribution in [0.3, 0.4) is 0 Å². The number of esters is 1. The molecule has 0 radical (unpaired) electrons. The Labute approximate surface area is 114 Å². The molecule has 0 aliphatic rings. The number of nitrogen functional groups attached to an aromatic ring is 1. The molecule has 5 nitrogen and oxygen atoms in total. The molecule has 0 saturated carbocycles. The molecule has 0 aliphatic carbocycles. The first-order valence-corrected chi connectivity index (χ1v) is 6.58. The molecule has 1 aromatic heterocycles. The van der Waals surface area contributed by atoms with E-state index >= 15 is 0 Å². The third kappa shape index (κ3) is 3.23. The number of carbonyl (C=O) groups is 1. The largest absolute Gasteiger partial charge is 0.482 e. The summed E-state index contributed by atoms with van der Waals surface area (Å²) in [5.74, 6) is 0.255. The van der Waals surface area contributed by atoms with Crippen LogP contribution in [0, 0.1) is 5.41 Å². The Morgan fingerprint density at radius 2 is 2.21 bits per heavy atom. The number of nitrogens with one attached hydrogen (secondary N) is 1. The lowest BCUT2D eigenvalue weighted by Gasteiger charge is -2.05. The van der Waals surface area contributed by atoms with Crippen molar-refractivity contribution in [1.82, 2.24) is 0 Å². The number of carbonyl (C=O) groups excluding carboxylic acids is 1. The third-order valence-electron chi connectivity index (χ3n) is 2.42. The highest BCUT2D eigenvalue weighted by Crippen LogP contribution is 2.28. The predicted molar refractivity (Wildman–Crippen MR) is 75.0 cm³/mol. The van der Waals surface area contributed by atoms with Crippen molar-refractivity contribution in [2.24, 2.45) is 5.73 Å². The average molecular weight is 278 g/mol. The van der Waals surface area contributed by atoms with Crippen LogP contribution in [0.25, 0.3) is 10.1 Å². The first kappa shape index (κ1) is 13.4. The van der Waals surface area contributed by atoms with Gasteiger partial charge in [0.05, 0.1) is 11.5 Å². The van der Waals surface area contributed by atoms with Gasteiger partial charge in [0.25, 0.3) is 0 Å². The molecule has 2 aromatic rings. The highest BCUT2D eigenvalue weighted by molar-refractivity contribution is 7.20. The number of fused-ring (bicyclic) bond motifs is 1. The Balaban J connectivity index is 2.12. The molecule has 3 N–H and O–H groups in total. The number of ether oxygens (including phenoxy) is 2. The smallest absolute Gasteiger partial charge is 0.344 e. The predicted octanol–water partition coefficient (Wildman–Crippen LogP) is 2.13. The normalized spacial score (nSPS) is 10.4. The van der Waals surface area contributed by atoms with Crippen molar-refractivity contribution < 1.29 is 14.3 Å². The van der Waals surface area contributed by atoms with Gasteiger partial charge in [-0.1, -0.05) is 0 Å². The number of amidine groups is 1. The molecule has 0 amide bonds. The van der Waals surface area contributed by atoms with E-state index in [1.54, 1.807) is 13.0 Å². The van der Waals surface area contributed by atoms with E-state index in [0.29, 0.717) is 12.4 Å². The zero-order valence-corrected chi connectivity index (χ0v) is 11.3. The standard InChI is InChI=1S/C13H14N2O3S/c1-2-17-12(16)7-18-9-4-3-8-5-11(13(14)15)19-10(8)6-9/h3-6H,2,7H2,1H3,(H3,14,15). The maximum atomic E-state index is 11.2.